The summed E-state index contributed by atoms with van der Waals surface area (Å²) >= 11 is 0. The van der Waals surface area contributed by atoms with Crippen LogP contribution in [0.15, 0.2) is 54.6 Å². The van der Waals surface area contributed by atoms with Crippen LogP contribution in [0.1, 0.15) is 12.0 Å². The summed E-state index contributed by atoms with van der Waals surface area (Å²) < 4.78 is 21.7. The molecule has 0 saturated heterocycles. The molecule has 4 heteroatoms. The van der Waals surface area contributed by atoms with E-state index in [-0.39, 0.29) is 6.29 Å². The predicted molar refractivity (Wildman–Crippen MR) is 85.1 cm³/mol. The normalized spacial score (nSPS) is 10.7. The van der Waals surface area contributed by atoms with Crippen molar-refractivity contribution < 1.29 is 18.9 Å². The van der Waals surface area contributed by atoms with Gasteiger partial charge in [0, 0.05) is 26.7 Å². The Hall–Kier alpha value is -2.04. The zero-order valence-corrected chi connectivity index (χ0v) is 13.0. The van der Waals surface area contributed by atoms with E-state index in [9.17, 15) is 0 Å². The Bertz CT molecular complexity index is 538. The fourth-order valence-electron chi connectivity index (χ4n) is 2.00. The van der Waals surface area contributed by atoms with Crippen LogP contribution >= 0.6 is 0 Å². The van der Waals surface area contributed by atoms with Gasteiger partial charge in [0.1, 0.15) is 18.1 Å². The zero-order chi connectivity index (χ0) is 15.6. The van der Waals surface area contributed by atoms with Crippen LogP contribution in [0, 0.1) is 0 Å². The van der Waals surface area contributed by atoms with Gasteiger partial charge in [-0.3, -0.25) is 0 Å². The molecule has 0 heterocycles. The van der Waals surface area contributed by atoms with Crippen molar-refractivity contribution in [2.75, 3.05) is 20.8 Å². The van der Waals surface area contributed by atoms with Crippen LogP contribution in [-0.2, 0) is 16.1 Å². The monoisotopic (exact) mass is 302 g/mol. The largest absolute Gasteiger partial charge is 0.493 e. The van der Waals surface area contributed by atoms with Crippen molar-refractivity contribution in [3.8, 4) is 11.5 Å². The van der Waals surface area contributed by atoms with E-state index in [2.05, 4.69) is 0 Å². The van der Waals surface area contributed by atoms with Crippen LogP contribution in [-0.4, -0.2) is 27.1 Å². The van der Waals surface area contributed by atoms with E-state index in [1.54, 1.807) is 14.2 Å². The van der Waals surface area contributed by atoms with E-state index in [1.165, 1.54) is 0 Å². The minimum atomic E-state index is -0.238. The third-order valence-corrected chi connectivity index (χ3v) is 3.20. The fourth-order valence-corrected chi connectivity index (χ4v) is 2.00. The van der Waals surface area contributed by atoms with Crippen LogP contribution in [0.5, 0.6) is 11.5 Å². The Balaban J connectivity index is 1.82. The first kappa shape index (κ1) is 16.3. The summed E-state index contributed by atoms with van der Waals surface area (Å²) in [7, 11) is 3.23. The molecular formula is C18H22O4. The van der Waals surface area contributed by atoms with Gasteiger partial charge in [0.2, 0.25) is 0 Å². The molecule has 0 radical (unpaired) electrons. The molecule has 0 aliphatic rings. The third-order valence-electron chi connectivity index (χ3n) is 3.20. The van der Waals surface area contributed by atoms with E-state index >= 15 is 0 Å². The standard InChI is InChI=1S/C18H22O4/c1-19-18(20-2)11-12-21-16-9-6-10-17(13-16)22-14-15-7-4-3-5-8-15/h3-10,13,18H,11-12,14H2,1-2H3. The highest BCUT2D eigenvalue weighted by Gasteiger charge is 2.05. The Labute approximate surface area is 131 Å². The highest BCUT2D eigenvalue weighted by atomic mass is 16.7. The smallest absolute Gasteiger partial charge is 0.160 e. The van der Waals surface area contributed by atoms with E-state index in [0.717, 1.165) is 17.1 Å². The third kappa shape index (κ3) is 5.39. The number of rotatable bonds is 9. The van der Waals surface area contributed by atoms with Crippen LogP contribution in [0.25, 0.3) is 0 Å². The lowest BCUT2D eigenvalue weighted by Gasteiger charge is -2.14. The fraction of sp³-hybridized carbons (Fsp3) is 0.333. The first-order valence-electron chi connectivity index (χ1n) is 7.27. The van der Waals surface area contributed by atoms with Crippen LogP contribution < -0.4 is 9.47 Å². The molecule has 2 aromatic carbocycles. The molecule has 0 aliphatic carbocycles. The molecule has 4 nitrogen and oxygen atoms in total. The molecule has 2 aromatic rings. The molecule has 22 heavy (non-hydrogen) atoms. The second-order valence-corrected chi connectivity index (χ2v) is 4.79. The average Bonchev–Trinajstić information content (AvgIpc) is 2.58. The van der Waals surface area contributed by atoms with Crippen LogP contribution in [0.2, 0.25) is 0 Å². The molecule has 0 aromatic heterocycles. The summed E-state index contributed by atoms with van der Waals surface area (Å²) in [6.45, 7) is 1.06. The van der Waals surface area contributed by atoms with E-state index in [4.69, 9.17) is 18.9 Å². The molecule has 118 valence electrons. The molecule has 0 aliphatic heterocycles. The van der Waals surface area contributed by atoms with Gasteiger partial charge in [0.25, 0.3) is 0 Å². The summed E-state index contributed by atoms with van der Waals surface area (Å²) in [4.78, 5) is 0. The van der Waals surface area contributed by atoms with E-state index in [0.29, 0.717) is 19.6 Å². The summed E-state index contributed by atoms with van der Waals surface area (Å²) in [5.74, 6) is 1.56. The quantitative estimate of drug-likeness (QED) is 0.663. The summed E-state index contributed by atoms with van der Waals surface area (Å²) in [5, 5.41) is 0. The van der Waals surface area contributed by atoms with Crippen molar-refractivity contribution in [2.24, 2.45) is 0 Å². The van der Waals surface area contributed by atoms with Gasteiger partial charge in [-0.25, -0.2) is 0 Å². The van der Waals surface area contributed by atoms with Gasteiger partial charge < -0.3 is 18.9 Å². The highest BCUT2D eigenvalue weighted by molar-refractivity contribution is 5.33. The van der Waals surface area contributed by atoms with Crippen molar-refractivity contribution in [1.29, 1.82) is 0 Å². The van der Waals surface area contributed by atoms with Crippen molar-refractivity contribution in [2.45, 2.75) is 19.3 Å². The maximum Gasteiger partial charge on any atom is 0.160 e. The Morgan fingerprint density at radius 1 is 0.818 bits per heavy atom. The molecular weight excluding hydrogens is 280 g/mol. The second-order valence-electron chi connectivity index (χ2n) is 4.79. The molecule has 0 bridgehead atoms. The number of hydrogen-bond donors (Lipinski definition) is 0. The van der Waals surface area contributed by atoms with Gasteiger partial charge in [-0.1, -0.05) is 36.4 Å². The number of benzene rings is 2. The lowest BCUT2D eigenvalue weighted by molar-refractivity contribution is -0.110. The van der Waals surface area contributed by atoms with E-state index in [1.807, 2.05) is 54.6 Å². The highest BCUT2D eigenvalue weighted by Crippen LogP contribution is 2.20. The van der Waals surface area contributed by atoms with Crippen molar-refractivity contribution >= 4 is 0 Å². The summed E-state index contributed by atoms with van der Waals surface area (Å²) in [6.07, 6.45) is 0.430. The number of methoxy groups -OCH3 is 2. The van der Waals surface area contributed by atoms with Crippen molar-refractivity contribution in [3.63, 3.8) is 0 Å². The van der Waals surface area contributed by atoms with Gasteiger partial charge in [0.05, 0.1) is 6.61 Å². The van der Waals surface area contributed by atoms with Gasteiger partial charge in [-0.15, -0.1) is 0 Å². The molecule has 0 saturated carbocycles. The lowest BCUT2D eigenvalue weighted by Crippen LogP contribution is -2.16. The molecule has 0 spiro atoms. The van der Waals surface area contributed by atoms with E-state index < -0.39 is 0 Å². The van der Waals surface area contributed by atoms with Gasteiger partial charge in [-0.2, -0.15) is 0 Å². The average molecular weight is 302 g/mol. The number of ether oxygens (including phenoxy) is 4. The summed E-state index contributed by atoms with van der Waals surface area (Å²) in [6, 6.07) is 17.7. The minimum Gasteiger partial charge on any atom is -0.493 e. The molecule has 0 unspecified atom stereocenters. The zero-order valence-electron chi connectivity index (χ0n) is 13.0. The number of hydrogen-bond acceptors (Lipinski definition) is 4. The lowest BCUT2D eigenvalue weighted by atomic mass is 10.2. The Kier molecular flexibility index (Phi) is 6.74. The SMILES string of the molecule is COC(CCOc1cccc(OCc2ccccc2)c1)OC. The molecule has 2 rings (SSSR count). The van der Waals surface area contributed by atoms with Crippen LogP contribution in [0.3, 0.4) is 0 Å². The first-order valence-corrected chi connectivity index (χ1v) is 7.27. The van der Waals surface area contributed by atoms with Crippen LogP contribution in [0.4, 0.5) is 0 Å². The molecule has 0 fully saturated rings. The van der Waals surface area contributed by atoms with Crippen molar-refractivity contribution in [1.82, 2.24) is 0 Å². The van der Waals surface area contributed by atoms with Gasteiger partial charge >= 0.3 is 0 Å². The Morgan fingerprint density at radius 3 is 2.18 bits per heavy atom. The van der Waals surface area contributed by atoms with Gasteiger partial charge in [-0.05, 0) is 17.7 Å². The first-order chi connectivity index (χ1) is 10.8. The topological polar surface area (TPSA) is 36.9 Å². The molecule has 0 N–H and O–H groups in total. The van der Waals surface area contributed by atoms with Crippen molar-refractivity contribution in [3.05, 3.63) is 60.2 Å². The second kappa shape index (κ2) is 9.07. The minimum absolute atomic E-state index is 0.238. The maximum atomic E-state index is 5.77. The maximum absolute atomic E-state index is 5.77. The Morgan fingerprint density at radius 2 is 1.50 bits per heavy atom. The molecule has 0 atom stereocenters. The van der Waals surface area contributed by atoms with Gasteiger partial charge in [0.15, 0.2) is 6.29 Å². The summed E-state index contributed by atoms with van der Waals surface area (Å²) in [5.41, 5.74) is 1.14. The predicted octanol–water partition coefficient (Wildman–Crippen LogP) is 3.65. The molecule has 0 amide bonds.